The second-order valence-corrected chi connectivity index (χ2v) is 8.46. The highest BCUT2D eigenvalue weighted by Crippen LogP contribution is 2.28. The maximum Gasteiger partial charge on any atom is 0.240 e. The zero-order chi connectivity index (χ0) is 17.6. The van der Waals surface area contributed by atoms with Crippen molar-refractivity contribution >= 4 is 33.4 Å². The predicted octanol–water partition coefficient (Wildman–Crippen LogP) is 2.13. The van der Waals surface area contributed by atoms with Crippen LogP contribution in [0.25, 0.3) is 0 Å². The van der Waals surface area contributed by atoms with Gasteiger partial charge in [0.25, 0.3) is 0 Å². The maximum atomic E-state index is 12.4. The summed E-state index contributed by atoms with van der Waals surface area (Å²) in [5.74, 6) is -0.224. The molecule has 134 valence electrons. The second-order valence-electron chi connectivity index (χ2n) is 5.84. The molecular formula is C16H25N3O3S2. The summed E-state index contributed by atoms with van der Waals surface area (Å²) in [5, 5.41) is 2.68. The number of hydrogen-bond acceptors (Lipinski definition) is 5. The first-order valence-electron chi connectivity index (χ1n) is 8.10. The van der Waals surface area contributed by atoms with Crippen molar-refractivity contribution in [1.82, 2.24) is 9.62 Å². The molecule has 0 aromatic heterocycles. The monoisotopic (exact) mass is 371 g/mol. The van der Waals surface area contributed by atoms with E-state index in [-0.39, 0.29) is 10.8 Å². The van der Waals surface area contributed by atoms with Crippen LogP contribution in [-0.2, 0) is 14.8 Å². The van der Waals surface area contributed by atoms with E-state index in [9.17, 15) is 13.2 Å². The lowest BCUT2D eigenvalue weighted by molar-refractivity contribution is -0.114. The fraction of sp³-hybridized carbons (Fsp3) is 0.562. The molecule has 1 aliphatic rings. The van der Waals surface area contributed by atoms with Crippen LogP contribution in [-0.4, -0.2) is 51.7 Å². The van der Waals surface area contributed by atoms with Gasteiger partial charge in [0.05, 0.1) is 10.6 Å². The maximum absolute atomic E-state index is 12.4. The average Bonchev–Trinajstić information content (AvgIpc) is 3.04. The van der Waals surface area contributed by atoms with Crippen LogP contribution in [0.5, 0.6) is 0 Å². The topological polar surface area (TPSA) is 78.5 Å². The van der Waals surface area contributed by atoms with Gasteiger partial charge in [-0.25, -0.2) is 13.1 Å². The zero-order valence-electron chi connectivity index (χ0n) is 14.2. The number of likely N-dealkylation sites (tertiary alicyclic amines) is 1. The molecule has 6 nitrogen and oxygen atoms in total. The minimum Gasteiger partial charge on any atom is -0.325 e. The van der Waals surface area contributed by atoms with Gasteiger partial charge in [-0.05, 0) is 63.4 Å². The van der Waals surface area contributed by atoms with Gasteiger partial charge in [0, 0.05) is 18.4 Å². The van der Waals surface area contributed by atoms with Gasteiger partial charge in [-0.1, -0.05) is 0 Å². The van der Waals surface area contributed by atoms with Gasteiger partial charge in [0.1, 0.15) is 0 Å². The van der Waals surface area contributed by atoms with Crippen LogP contribution in [0.3, 0.4) is 0 Å². The van der Waals surface area contributed by atoms with E-state index < -0.39 is 10.0 Å². The van der Waals surface area contributed by atoms with Gasteiger partial charge in [-0.2, -0.15) is 0 Å². The molecule has 1 aromatic rings. The van der Waals surface area contributed by atoms with Gasteiger partial charge in [0.2, 0.25) is 15.9 Å². The van der Waals surface area contributed by atoms with Crippen molar-refractivity contribution in [3.8, 4) is 0 Å². The number of rotatable bonds is 8. The van der Waals surface area contributed by atoms with Gasteiger partial charge in [-0.15, -0.1) is 11.8 Å². The summed E-state index contributed by atoms with van der Waals surface area (Å²) >= 11 is 1.46. The van der Waals surface area contributed by atoms with Crippen molar-refractivity contribution in [2.45, 2.75) is 36.0 Å². The number of carbonyl (C=O) groups is 1. The molecule has 0 unspecified atom stereocenters. The van der Waals surface area contributed by atoms with Crippen LogP contribution in [0.1, 0.15) is 26.2 Å². The molecule has 2 rings (SSSR count). The Bertz CT molecular complexity index is 671. The lowest BCUT2D eigenvalue weighted by Crippen LogP contribution is -2.28. The Morgan fingerprint density at radius 1 is 1.29 bits per heavy atom. The Labute approximate surface area is 148 Å². The highest BCUT2D eigenvalue weighted by molar-refractivity contribution is 7.98. The smallest absolute Gasteiger partial charge is 0.240 e. The van der Waals surface area contributed by atoms with Crippen LogP contribution in [0, 0.1) is 0 Å². The fourth-order valence-corrected chi connectivity index (χ4v) is 4.37. The SMILES string of the molecule is CSc1ccc(S(=O)(=O)NCCCN2CCCC2)cc1NC(C)=O. The predicted molar refractivity (Wildman–Crippen MR) is 98.0 cm³/mol. The van der Waals surface area contributed by atoms with E-state index in [0.29, 0.717) is 12.2 Å². The lowest BCUT2D eigenvalue weighted by atomic mass is 10.3. The average molecular weight is 372 g/mol. The quantitative estimate of drug-likeness (QED) is 0.541. The Balaban J connectivity index is 1.98. The Hall–Kier alpha value is -1.09. The number of carbonyl (C=O) groups excluding carboxylic acids is 1. The second kappa shape index (κ2) is 8.84. The number of amides is 1. The molecule has 1 aromatic carbocycles. The van der Waals surface area contributed by atoms with Crippen LogP contribution in [0.4, 0.5) is 5.69 Å². The summed E-state index contributed by atoms with van der Waals surface area (Å²) in [5.41, 5.74) is 0.523. The van der Waals surface area contributed by atoms with Gasteiger partial charge >= 0.3 is 0 Å². The number of thioether (sulfide) groups is 1. The largest absolute Gasteiger partial charge is 0.325 e. The summed E-state index contributed by atoms with van der Waals surface area (Å²) in [7, 11) is -3.57. The number of sulfonamides is 1. The molecule has 0 spiro atoms. The first kappa shape index (κ1) is 19.2. The minimum absolute atomic E-state index is 0.172. The third-order valence-electron chi connectivity index (χ3n) is 3.93. The highest BCUT2D eigenvalue weighted by Gasteiger charge is 2.17. The van der Waals surface area contributed by atoms with Crippen molar-refractivity contribution in [2.24, 2.45) is 0 Å². The van der Waals surface area contributed by atoms with Crippen LogP contribution >= 0.6 is 11.8 Å². The Morgan fingerprint density at radius 3 is 2.62 bits per heavy atom. The van der Waals surface area contributed by atoms with Crippen molar-refractivity contribution in [3.63, 3.8) is 0 Å². The molecule has 0 radical (unpaired) electrons. The Kier molecular flexibility index (Phi) is 7.09. The van der Waals surface area contributed by atoms with E-state index in [1.165, 1.54) is 37.6 Å². The van der Waals surface area contributed by atoms with E-state index in [0.717, 1.165) is 31.0 Å². The van der Waals surface area contributed by atoms with Crippen molar-refractivity contribution in [3.05, 3.63) is 18.2 Å². The first-order valence-corrected chi connectivity index (χ1v) is 10.8. The molecule has 0 atom stereocenters. The van der Waals surface area contributed by atoms with E-state index in [1.807, 2.05) is 6.26 Å². The molecule has 1 aliphatic heterocycles. The molecule has 1 amide bonds. The van der Waals surface area contributed by atoms with Crippen LogP contribution in [0.2, 0.25) is 0 Å². The molecule has 1 heterocycles. The third-order valence-corrected chi connectivity index (χ3v) is 6.19. The normalized spacial score (nSPS) is 15.6. The van der Waals surface area contributed by atoms with E-state index in [1.54, 1.807) is 12.1 Å². The molecule has 24 heavy (non-hydrogen) atoms. The van der Waals surface area contributed by atoms with Gasteiger partial charge in [-0.3, -0.25) is 4.79 Å². The fourth-order valence-electron chi connectivity index (χ4n) is 2.74. The van der Waals surface area contributed by atoms with Crippen molar-refractivity contribution in [2.75, 3.05) is 37.8 Å². The van der Waals surface area contributed by atoms with E-state index in [4.69, 9.17) is 0 Å². The molecule has 0 saturated carbocycles. The first-order chi connectivity index (χ1) is 11.4. The molecule has 2 N–H and O–H groups in total. The number of anilines is 1. The number of nitrogens with zero attached hydrogens (tertiary/aromatic N) is 1. The van der Waals surface area contributed by atoms with E-state index in [2.05, 4.69) is 14.9 Å². The third kappa shape index (κ3) is 5.47. The summed E-state index contributed by atoms with van der Waals surface area (Å²) < 4.78 is 27.5. The standard InChI is InChI=1S/C16H25N3O3S2/c1-13(20)18-15-12-14(6-7-16(15)23-2)24(21,22)17-8-5-11-19-9-3-4-10-19/h6-7,12,17H,3-5,8-11H2,1-2H3,(H,18,20). The molecule has 1 fully saturated rings. The molecule has 8 heteroatoms. The molecule has 0 bridgehead atoms. The Morgan fingerprint density at radius 2 is 2.00 bits per heavy atom. The summed E-state index contributed by atoms with van der Waals surface area (Å²) in [6, 6.07) is 4.80. The lowest BCUT2D eigenvalue weighted by Gasteiger charge is -2.15. The zero-order valence-corrected chi connectivity index (χ0v) is 15.8. The molecular weight excluding hydrogens is 346 g/mol. The van der Waals surface area contributed by atoms with Gasteiger partial charge in [0.15, 0.2) is 0 Å². The van der Waals surface area contributed by atoms with E-state index >= 15 is 0 Å². The van der Waals surface area contributed by atoms with Crippen molar-refractivity contribution < 1.29 is 13.2 Å². The van der Waals surface area contributed by atoms with Crippen LogP contribution in [0.15, 0.2) is 28.0 Å². The number of hydrogen-bond donors (Lipinski definition) is 2. The summed E-state index contributed by atoms with van der Waals surface area (Å²) in [6.45, 7) is 4.97. The molecule has 0 aliphatic carbocycles. The van der Waals surface area contributed by atoms with Crippen LogP contribution < -0.4 is 10.0 Å². The number of benzene rings is 1. The van der Waals surface area contributed by atoms with Crippen molar-refractivity contribution in [1.29, 1.82) is 0 Å². The summed E-state index contributed by atoms with van der Waals surface area (Å²) in [4.78, 5) is 14.6. The highest BCUT2D eigenvalue weighted by atomic mass is 32.2. The summed E-state index contributed by atoms with van der Waals surface area (Å²) in [6.07, 6.45) is 5.14. The number of nitrogens with one attached hydrogen (secondary N) is 2. The molecule has 1 saturated heterocycles. The van der Waals surface area contributed by atoms with Gasteiger partial charge < -0.3 is 10.2 Å². The minimum atomic E-state index is -3.57.